The smallest absolute Gasteiger partial charge is 0.266 e. The topological polar surface area (TPSA) is 67.8 Å². The fourth-order valence-corrected chi connectivity index (χ4v) is 2.49. The van der Waals surface area contributed by atoms with Crippen LogP contribution < -0.4 is 11.1 Å². The number of nitrogens with zero attached hydrogens (tertiary/aromatic N) is 2. The van der Waals surface area contributed by atoms with Gasteiger partial charge in [-0.1, -0.05) is 25.5 Å². The molecule has 0 aliphatic heterocycles. The average Bonchev–Trinajstić information content (AvgIpc) is 2.54. The average molecular weight is 295 g/mol. The molecule has 2 aromatic heterocycles. The third kappa shape index (κ3) is 2.57. The first-order chi connectivity index (χ1) is 10.7. The number of hydrogen-bond donors (Lipinski definition) is 1. The van der Waals surface area contributed by atoms with Gasteiger partial charge in [-0.05, 0) is 24.6 Å². The van der Waals surface area contributed by atoms with Crippen LogP contribution in [0.1, 0.15) is 25.6 Å². The number of nitrogens with one attached hydrogen (secondary N) is 1. The lowest BCUT2D eigenvalue weighted by Crippen LogP contribution is -2.24. The molecule has 22 heavy (non-hydrogen) atoms. The molecule has 5 heteroatoms. The molecule has 0 aliphatic carbocycles. The number of benzene rings is 1. The van der Waals surface area contributed by atoms with E-state index >= 15 is 0 Å². The van der Waals surface area contributed by atoms with Crippen molar-refractivity contribution in [2.75, 3.05) is 0 Å². The summed E-state index contributed by atoms with van der Waals surface area (Å²) in [5.41, 5.74) is 1.04. The summed E-state index contributed by atoms with van der Waals surface area (Å²) in [7, 11) is 0. The number of aromatic amines is 1. The maximum atomic E-state index is 12.8. The molecule has 0 bridgehead atoms. The molecule has 0 atom stereocenters. The molecule has 0 amide bonds. The highest BCUT2D eigenvalue weighted by Gasteiger charge is 2.12. The highest BCUT2D eigenvalue weighted by atomic mass is 16.1. The molecule has 1 N–H and O–H groups in total. The molecule has 3 rings (SSSR count). The van der Waals surface area contributed by atoms with Crippen molar-refractivity contribution in [3.8, 4) is 5.69 Å². The van der Waals surface area contributed by atoms with Gasteiger partial charge < -0.3 is 4.98 Å². The summed E-state index contributed by atoms with van der Waals surface area (Å²) in [6.45, 7) is 2.10. The highest BCUT2D eigenvalue weighted by molar-refractivity contribution is 5.77. The monoisotopic (exact) mass is 295 g/mol. The number of para-hydroxylation sites is 1. The number of hydrogen-bond acceptors (Lipinski definition) is 3. The van der Waals surface area contributed by atoms with E-state index in [1.807, 2.05) is 18.2 Å². The molecule has 3 aromatic rings. The number of aromatic nitrogens is 3. The third-order valence-electron chi connectivity index (χ3n) is 3.63. The minimum absolute atomic E-state index is 0.108. The number of H-pyrrole nitrogens is 1. The summed E-state index contributed by atoms with van der Waals surface area (Å²) in [6, 6.07) is 10.4. The van der Waals surface area contributed by atoms with Crippen LogP contribution in [-0.4, -0.2) is 14.5 Å². The van der Waals surface area contributed by atoms with Crippen molar-refractivity contribution in [1.82, 2.24) is 14.5 Å². The van der Waals surface area contributed by atoms with Gasteiger partial charge in [0.25, 0.3) is 5.56 Å². The summed E-state index contributed by atoms with van der Waals surface area (Å²) >= 11 is 0. The van der Waals surface area contributed by atoms with E-state index in [1.165, 1.54) is 6.07 Å². The van der Waals surface area contributed by atoms with Crippen molar-refractivity contribution in [2.24, 2.45) is 0 Å². The van der Waals surface area contributed by atoms with E-state index < -0.39 is 0 Å². The highest BCUT2D eigenvalue weighted by Crippen LogP contribution is 2.13. The summed E-state index contributed by atoms with van der Waals surface area (Å²) in [5.74, 6) is 0.720. The van der Waals surface area contributed by atoms with Crippen molar-refractivity contribution in [2.45, 2.75) is 26.2 Å². The Kier molecular flexibility index (Phi) is 3.87. The largest absolute Gasteiger partial charge is 0.327 e. The second-order valence-electron chi connectivity index (χ2n) is 5.20. The maximum Gasteiger partial charge on any atom is 0.266 e. The summed E-state index contributed by atoms with van der Waals surface area (Å²) in [6.07, 6.45) is 4.24. The van der Waals surface area contributed by atoms with E-state index in [-0.39, 0.29) is 11.1 Å². The van der Waals surface area contributed by atoms with E-state index in [0.717, 1.165) is 25.1 Å². The standard InChI is InChI=1S/C17H17N3O2/c1-2-3-8-15-19-14-7-5-4-6-13(14)17(22)20(15)12-9-10-16(21)18-11-12/h4-7,9-11H,2-3,8H2,1H3,(H,18,21). The van der Waals surface area contributed by atoms with E-state index in [9.17, 15) is 9.59 Å². The van der Waals surface area contributed by atoms with Gasteiger partial charge in [0.15, 0.2) is 0 Å². The second kappa shape index (κ2) is 5.97. The van der Waals surface area contributed by atoms with E-state index in [2.05, 4.69) is 16.9 Å². The van der Waals surface area contributed by atoms with Gasteiger partial charge in [0, 0.05) is 18.7 Å². The number of rotatable bonds is 4. The van der Waals surface area contributed by atoms with Crippen molar-refractivity contribution >= 4 is 10.9 Å². The van der Waals surface area contributed by atoms with Gasteiger partial charge in [0.1, 0.15) is 5.82 Å². The Hall–Kier alpha value is -2.69. The van der Waals surface area contributed by atoms with Crippen LogP contribution in [-0.2, 0) is 6.42 Å². The van der Waals surface area contributed by atoms with Gasteiger partial charge >= 0.3 is 0 Å². The van der Waals surface area contributed by atoms with Crippen molar-refractivity contribution < 1.29 is 0 Å². The van der Waals surface area contributed by atoms with Crippen LogP contribution in [0.4, 0.5) is 0 Å². The lowest BCUT2D eigenvalue weighted by atomic mass is 10.2. The molecule has 0 spiro atoms. The van der Waals surface area contributed by atoms with Crippen molar-refractivity contribution in [3.05, 3.63) is 69.1 Å². The lowest BCUT2D eigenvalue weighted by molar-refractivity contribution is 0.719. The molecule has 112 valence electrons. The minimum Gasteiger partial charge on any atom is -0.327 e. The summed E-state index contributed by atoms with van der Waals surface area (Å²) < 4.78 is 1.59. The van der Waals surface area contributed by atoms with Gasteiger partial charge in [-0.15, -0.1) is 0 Å². The molecule has 0 unspecified atom stereocenters. The first-order valence-electron chi connectivity index (χ1n) is 7.40. The van der Waals surface area contributed by atoms with Crippen LogP contribution >= 0.6 is 0 Å². The van der Waals surface area contributed by atoms with Crippen molar-refractivity contribution in [3.63, 3.8) is 0 Å². The number of unbranched alkanes of at least 4 members (excludes halogenated alkanes) is 1. The number of pyridine rings is 1. The molecular weight excluding hydrogens is 278 g/mol. The molecule has 0 saturated heterocycles. The number of fused-ring (bicyclic) bond motifs is 1. The number of aryl methyl sites for hydroxylation is 1. The first-order valence-corrected chi connectivity index (χ1v) is 7.40. The van der Waals surface area contributed by atoms with Gasteiger partial charge in [-0.3, -0.25) is 14.2 Å². The Balaban J connectivity index is 2.29. The molecule has 2 heterocycles. The Morgan fingerprint density at radius 1 is 1.14 bits per heavy atom. The van der Waals surface area contributed by atoms with Crippen LogP contribution in [0.15, 0.2) is 52.2 Å². The van der Waals surface area contributed by atoms with Crippen LogP contribution in [0.2, 0.25) is 0 Å². The van der Waals surface area contributed by atoms with Crippen LogP contribution in [0, 0.1) is 0 Å². The Morgan fingerprint density at radius 2 is 1.95 bits per heavy atom. The lowest BCUT2D eigenvalue weighted by Gasteiger charge is -2.13. The molecule has 1 aromatic carbocycles. The van der Waals surface area contributed by atoms with Gasteiger partial charge in [-0.25, -0.2) is 4.98 Å². The van der Waals surface area contributed by atoms with E-state index in [4.69, 9.17) is 0 Å². The van der Waals surface area contributed by atoms with Crippen LogP contribution in [0.5, 0.6) is 0 Å². The summed E-state index contributed by atoms with van der Waals surface area (Å²) in [5, 5.41) is 0.578. The molecule has 0 aliphatic rings. The van der Waals surface area contributed by atoms with Crippen LogP contribution in [0.25, 0.3) is 16.6 Å². The molecule has 0 radical (unpaired) electrons. The summed E-state index contributed by atoms with van der Waals surface area (Å²) in [4.78, 5) is 31.3. The zero-order chi connectivity index (χ0) is 15.5. The quantitative estimate of drug-likeness (QED) is 0.803. The Bertz CT molecular complexity index is 905. The van der Waals surface area contributed by atoms with E-state index in [1.54, 1.807) is 22.9 Å². The fourth-order valence-electron chi connectivity index (χ4n) is 2.49. The van der Waals surface area contributed by atoms with E-state index in [0.29, 0.717) is 16.6 Å². The second-order valence-corrected chi connectivity index (χ2v) is 5.20. The predicted octanol–water partition coefficient (Wildman–Crippen LogP) is 2.42. The SMILES string of the molecule is CCCCc1nc2ccccc2c(=O)n1-c1ccc(=O)[nH]c1. The van der Waals surface area contributed by atoms with Gasteiger partial charge in [0.2, 0.25) is 5.56 Å². The zero-order valence-corrected chi connectivity index (χ0v) is 12.4. The third-order valence-corrected chi connectivity index (χ3v) is 3.63. The fraction of sp³-hybridized carbons (Fsp3) is 0.235. The maximum absolute atomic E-state index is 12.8. The molecule has 5 nitrogen and oxygen atoms in total. The molecular formula is C17H17N3O2. The Labute approximate surface area is 127 Å². The zero-order valence-electron chi connectivity index (χ0n) is 12.4. The van der Waals surface area contributed by atoms with Crippen molar-refractivity contribution in [1.29, 1.82) is 0 Å². The molecule has 0 saturated carbocycles. The van der Waals surface area contributed by atoms with Gasteiger partial charge in [0.05, 0.1) is 16.6 Å². The van der Waals surface area contributed by atoms with Crippen LogP contribution in [0.3, 0.4) is 0 Å². The first kappa shape index (κ1) is 14.3. The minimum atomic E-state index is -0.194. The predicted molar refractivity (Wildman–Crippen MR) is 86.6 cm³/mol. The normalized spacial score (nSPS) is 11.0. The molecule has 0 fully saturated rings. The van der Waals surface area contributed by atoms with Gasteiger partial charge in [-0.2, -0.15) is 0 Å². The Morgan fingerprint density at radius 3 is 2.68 bits per heavy atom.